The van der Waals surface area contributed by atoms with E-state index in [4.69, 9.17) is 37.3 Å². The summed E-state index contributed by atoms with van der Waals surface area (Å²) in [6.07, 6.45) is 9.58. The number of hydrogen-bond donors (Lipinski definition) is 2. The van der Waals surface area contributed by atoms with E-state index in [0.717, 1.165) is 19.5 Å². The first kappa shape index (κ1) is 23.6. The maximum absolute atomic E-state index is 8.60. The van der Waals surface area contributed by atoms with Crippen LogP contribution in [-0.4, -0.2) is 9.32 Å². The predicted molar refractivity (Wildman–Crippen MR) is 62.3 cm³/mol. The van der Waals surface area contributed by atoms with Crippen LogP contribution in [0.15, 0.2) is 61.2 Å². The first-order chi connectivity index (χ1) is 11.4. The van der Waals surface area contributed by atoms with Gasteiger partial charge in [0.1, 0.15) is 0 Å². The van der Waals surface area contributed by atoms with Crippen LogP contribution in [0.2, 0.25) is 0 Å². The molecule has 0 aliphatic heterocycles. The second-order valence-electron chi connectivity index (χ2n) is 4.37. The molecule has 0 unspecified atom stereocenters. The number of hydrogen-bond acceptors (Lipinski definition) is 8. The Hall–Kier alpha value is -1.44. The van der Waals surface area contributed by atoms with Gasteiger partial charge in [0, 0.05) is 24.3 Å². The Morgan fingerprint density at radius 2 is 0.800 bits per heavy atom. The van der Waals surface area contributed by atoms with Crippen molar-refractivity contribution in [1.29, 1.82) is 0 Å². The molecule has 140 valence electrons. The zero-order valence-electron chi connectivity index (χ0n) is 12.9. The maximum Gasteiger partial charge on any atom is 0.168 e. The Labute approximate surface area is 148 Å². The van der Waals surface area contributed by atoms with Crippen molar-refractivity contribution >= 4 is 0 Å². The Balaban J connectivity index is 0.000000480. The fourth-order valence-corrected chi connectivity index (χ4v) is 1.60. The minimum Gasteiger partial charge on any atom is -0.205 e. The summed E-state index contributed by atoms with van der Waals surface area (Å²) in [5, 5.41) is 0. The number of aromatic nitrogens is 2. The van der Waals surface area contributed by atoms with Crippen molar-refractivity contribution in [1.82, 2.24) is 0 Å². The largest absolute Gasteiger partial charge is 0.205 e. The lowest BCUT2D eigenvalue weighted by atomic mass is 10.3. The highest BCUT2D eigenvalue weighted by Gasteiger charge is 2.02. The summed E-state index contributed by atoms with van der Waals surface area (Å²) in [6, 6.07) is 12.3. The van der Waals surface area contributed by atoms with E-state index < -0.39 is 20.5 Å². The molecule has 12 heteroatoms. The topological polar surface area (TPSA) is 187 Å². The summed E-state index contributed by atoms with van der Waals surface area (Å²) in [4.78, 5) is 0. The minimum atomic E-state index is -4.69. The van der Waals surface area contributed by atoms with Crippen LogP contribution in [0.1, 0.15) is 6.42 Å². The Morgan fingerprint density at radius 3 is 1.04 bits per heavy atom. The molecule has 2 aromatic rings. The predicted octanol–water partition coefficient (Wildman–Crippen LogP) is -6.90. The van der Waals surface area contributed by atoms with E-state index in [0.29, 0.717) is 0 Å². The van der Waals surface area contributed by atoms with Gasteiger partial charge in [-0.25, -0.2) is 9.13 Å². The number of pyridine rings is 2. The fourth-order valence-electron chi connectivity index (χ4n) is 1.60. The SMILES string of the molecule is [O-][Cl+3]([O-])([O-])O.[O-][Cl+3]([O-])([O-])O.c1cc[n+](CCC[n+]2ccccc2)cc1. The van der Waals surface area contributed by atoms with Crippen LogP contribution < -0.4 is 37.1 Å². The Kier molecular flexibility index (Phi) is 11.3. The molecule has 0 saturated heterocycles. The highest BCUT2D eigenvalue weighted by Crippen LogP contribution is 1.84. The molecule has 0 aliphatic rings. The third-order valence-corrected chi connectivity index (χ3v) is 2.39. The first-order valence-electron chi connectivity index (χ1n) is 6.60. The van der Waals surface area contributed by atoms with Crippen molar-refractivity contribution in [2.45, 2.75) is 19.5 Å². The second kappa shape index (κ2) is 12.0. The van der Waals surface area contributed by atoms with E-state index in [1.54, 1.807) is 0 Å². The van der Waals surface area contributed by atoms with Gasteiger partial charge >= 0.3 is 0 Å². The van der Waals surface area contributed by atoms with Gasteiger partial charge in [-0.3, -0.25) is 0 Å². The summed E-state index contributed by atoms with van der Waals surface area (Å²) in [7, 11) is -9.39. The molecular formula is C13H18Cl2N2O8+2. The van der Waals surface area contributed by atoms with Crippen LogP contribution in [0.25, 0.3) is 0 Å². The highest BCUT2D eigenvalue weighted by molar-refractivity contribution is 4.84. The molecule has 2 N–H and O–H groups in total. The lowest BCUT2D eigenvalue weighted by Gasteiger charge is -2.03. The molecule has 2 rings (SSSR count). The van der Waals surface area contributed by atoms with Crippen LogP contribution in [0.4, 0.5) is 0 Å². The zero-order valence-corrected chi connectivity index (χ0v) is 14.4. The third kappa shape index (κ3) is 22.6. The number of halogens is 2. The fraction of sp³-hybridized carbons (Fsp3) is 0.231. The quantitative estimate of drug-likeness (QED) is 0.473. The lowest BCUT2D eigenvalue weighted by molar-refractivity contribution is -1.92. The molecule has 0 spiro atoms. The molecule has 0 radical (unpaired) electrons. The van der Waals surface area contributed by atoms with Crippen molar-refractivity contribution in [3.05, 3.63) is 61.2 Å². The van der Waals surface area contributed by atoms with Gasteiger partial charge < -0.3 is 0 Å². The van der Waals surface area contributed by atoms with Crippen molar-refractivity contribution in [2.75, 3.05) is 0 Å². The van der Waals surface area contributed by atoms with Crippen molar-refractivity contribution in [2.24, 2.45) is 0 Å². The minimum absolute atomic E-state index is 1.07. The highest BCUT2D eigenvalue weighted by atomic mass is 35.7. The molecule has 10 nitrogen and oxygen atoms in total. The van der Waals surface area contributed by atoms with Gasteiger partial charge in [0.15, 0.2) is 37.9 Å². The molecule has 0 bridgehead atoms. The third-order valence-electron chi connectivity index (χ3n) is 2.39. The molecule has 0 saturated carbocycles. The lowest BCUT2D eigenvalue weighted by Crippen LogP contribution is -2.58. The van der Waals surface area contributed by atoms with Gasteiger partial charge in [0.05, 0.1) is 36.2 Å². The number of rotatable bonds is 4. The molecule has 0 aromatic carbocycles. The summed E-state index contributed by atoms with van der Waals surface area (Å²) < 4.78 is 69.9. The molecule has 0 fully saturated rings. The van der Waals surface area contributed by atoms with E-state index in [9.17, 15) is 0 Å². The smallest absolute Gasteiger partial charge is 0.168 e. The van der Waals surface area contributed by atoms with Gasteiger partial charge in [-0.1, -0.05) is 12.1 Å². The second-order valence-corrected chi connectivity index (χ2v) is 5.96. The maximum atomic E-state index is 8.60. The molecule has 0 amide bonds. The van der Waals surface area contributed by atoms with Gasteiger partial charge in [-0.2, -0.15) is 28.0 Å². The molecular weight excluding hydrogens is 383 g/mol. The van der Waals surface area contributed by atoms with Crippen molar-refractivity contribution in [3.8, 4) is 0 Å². The van der Waals surface area contributed by atoms with E-state index in [2.05, 4.69) is 58.2 Å². The van der Waals surface area contributed by atoms with Crippen LogP contribution in [0.3, 0.4) is 0 Å². The van der Waals surface area contributed by atoms with Gasteiger partial charge in [0.2, 0.25) is 0 Å². The van der Waals surface area contributed by atoms with E-state index >= 15 is 0 Å². The molecule has 25 heavy (non-hydrogen) atoms. The summed E-state index contributed by atoms with van der Waals surface area (Å²) in [6.45, 7) is 2.14. The average molecular weight is 401 g/mol. The standard InChI is InChI=1S/C13H16N2.2ClHO4/c1-3-8-14(9-4-1)12-7-13-15-10-5-2-6-11-15;2*2-1(3,4)5/h1-6,8-11H,7,12-13H2;2*(H,2,3,4,5)/q+2;;. The van der Waals surface area contributed by atoms with Crippen LogP contribution >= 0.6 is 0 Å². The molecule has 2 heterocycles. The molecule has 2 aromatic heterocycles. The Morgan fingerprint density at radius 1 is 0.560 bits per heavy atom. The Bertz CT molecular complexity index is 500. The van der Waals surface area contributed by atoms with Gasteiger partial charge in [0.25, 0.3) is 0 Å². The van der Waals surface area contributed by atoms with E-state index in [1.165, 1.54) is 0 Å². The van der Waals surface area contributed by atoms with Crippen LogP contribution in [-0.2, 0) is 13.1 Å². The monoisotopic (exact) mass is 400 g/mol. The average Bonchev–Trinajstić information content (AvgIpc) is 2.46. The van der Waals surface area contributed by atoms with Crippen molar-refractivity contribution < 1.29 is 66.9 Å². The molecule has 0 atom stereocenters. The molecule has 0 aliphatic carbocycles. The zero-order chi connectivity index (χ0) is 19.3. The summed E-state index contributed by atoms with van der Waals surface area (Å²) >= 11 is 0. The number of nitrogens with zero attached hydrogens (tertiary/aromatic N) is 2. The van der Waals surface area contributed by atoms with Gasteiger partial charge in [-0.05, 0) is 0 Å². The van der Waals surface area contributed by atoms with E-state index in [-0.39, 0.29) is 0 Å². The normalized spacial score (nSPS) is 10.9. The van der Waals surface area contributed by atoms with Crippen LogP contribution in [0, 0.1) is 20.5 Å². The number of aryl methyl sites for hydroxylation is 2. The van der Waals surface area contributed by atoms with Crippen molar-refractivity contribution in [3.63, 3.8) is 0 Å². The summed E-state index contributed by atoms with van der Waals surface area (Å²) in [5.41, 5.74) is 0. The van der Waals surface area contributed by atoms with E-state index in [1.807, 2.05) is 12.1 Å². The van der Waals surface area contributed by atoms with Gasteiger partial charge in [-0.15, -0.1) is 0 Å². The van der Waals surface area contributed by atoms with Crippen LogP contribution in [0.5, 0.6) is 0 Å². The first-order valence-corrected chi connectivity index (χ1v) is 9.12. The summed E-state index contributed by atoms with van der Waals surface area (Å²) in [5.74, 6) is 0.